The summed E-state index contributed by atoms with van der Waals surface area (Å²) in [7, 11) is 0. The van der Waals surface area contributed by atoms with Gasteiger partial charge in [0.15, 0.2) is 0 Å². The molecule has 0 aromatic rings. The first-order chi connectivity index (χ1) is 8.55. The van der Waals surface area contributed by atoms with Crippen molar-refractivity contribution in [1.82, 2.24) is 0 Å². The molecule has 0 radical (unpaired) electrons. The summed E-state index contributed by atoms with van der Waals surface area (Å²) in [4.78, 5) is 0. The first-order valence-corrected chi connectivity index (χ1v) is 6.59. The predicted octanol–water partition coefficient (Wildman–Crippen LogP) is -0.253. The highest BCUT2D eigenvalue weighted by Crippen LogP contribution is 2.27. The van der Waals surface area contributed by atoms with Crippen molar-refractivity contribution in [1.29, 1.82) is 0 Å². The Morgan fingerprint density at radius 1 is 0.722 bits per heavy atom. The molecule has 5 nitrogen and oxygen atoms in total. The molecule has 0 aromatic carbocycles. The van der Waals surface area contributed by atoms with Crippen molar-refractivity contribution >= 4 is 0 Å². The average Bonchev–Trinajstić information content (AvgIpc) is 2.47. The molecule has 0 atom stereocenters. The van der Waals surface area contributed by atoms with E-state index in [0.717, 1.165) is 25.7 Å². The standard InChI is InChI=1S/C8H16O2.C5H12O3/c9-5-7-1-2-8(6-10)4-3-7;1-5(2-6,3-7)4-8/h7-10H,1-6H2;6-8H,2-4H2,1H3. The predicted molar refractivity (Wildman–Crippen MR) is 69.0 cm³/mol. The van der Waals surface area contributed by atoms with E-state index in [1.54, 1.807) is 6.92 Å². The van der Waals surface area contributed by atoms with Gasteiger partial charge in [-0.1, -0.05) is 6.92 Å². The molecule has 5 heteroatoms. The van der Waals surface area contributed by atoms with E-state index in [-0.39, 0.29) is 19.8 Å². The van der Waals surface area contributed by atoms with Crippen LogP contribution in [0, 0.1) is 17.3 Å². The second kappa shape index (κ2) is 9.69. The van der Waals surface area contributed by atoms with Crippen molar-refractivity contribution in [2.75, 3.05) is 33.0 Å². The molecule has 5 N–H and O–H groups in total. The van der Waals surface area contributed by atoms with Crippen molar-refractivity contribution in [3.05, 3.63) is 0 Å². The third-order valence-corrected chi connectivity index (χ3v) is 3.63. The van der Waals surface area contributed by atoms with Gasteiger partial charge in [-0.25, -0.2) is 0 Å². The van der Waals surface area contributed by atoms with Gasteiger partial charge >= 0.3 is 0 Å². The van der Waals surface area contributed by atoms with Gasteiger partial charge in [0.05, 0.1) is 19.8 Å². The van der Waals surface area contributed by atoms with Gasteiger partial charge in [-0.3, -0.25) is 0 Å². The minimum absolute atomic E-state index is 0.181. The summed E-state index contributed by atoms with van der Waals surface area (Å²) in [6.45, 7) is 1.73. The molecule has 0 saturated heterocycles. The van der Waals surface area contributed by atoms with E-state index in [0.29, 0.717) is 25.0 Å². The van der Waals surface area contributed by atoms with Gasteiger partial charge < -0.3 is 25.5 Å². The molecule has 0 aliphatic heterocycles. The lowest BCUT2D eigenvalue weighted by molar-refractivity contribution is 0.0200. The second-order valence-electron chi connectivity index (χ2n) is 5.54. The molecular formula is C13H28O5. The molecule has 0 bridgehead atoms. The summed E-state index contributed by atoms with van der Waals surface area (Å²) < 4.78 is 0. The van der Waals surface area contributed by atoms with Crippen LogP contribution in [0.3, 0.4) is 0 Å². The SMILES string of the molecule is CC(CO)(CO)CO.OCC1CCC(CO)CC1. The lowest BCUT2D eigenvalue weighted by atomic mass is 9.83. The van der Waals surface area contributed by atoms with Crippen LogP contribution >= 0.6 is 0 Å². The number of rotatable bonds is 5. The molecule has 1 aliphatic rings. The lowest BCUT2D eigenvalue weighted by Gasteiger charge is -2.25. The lowest BCUT2D eigenvalue weighted by Crippen LogP contribution is -2.29. The molecule has 0 spiro atoms. The Kier molecular flexibility index (Phi) is 9.59. The van der Waals surface area contributed by atoms with Crippen molar-refractivity contribution in [3.8, 4) is 0 Å². The summed E-state index contributed by atoms with van der Waals surface area (Å²) in [5.74, 6) is 1.03. The van der Waals surface area contributed by atoms with Crippen molar-refractivity contribution < 1.29 is 25.5 Å². The van der Waals surface area contributed by atoms with Crippen LogP contribution < -0.4 is 0 Å². The molecular weight excluding hydrogens is 236 g/mol. The smallest absolute Gasteiger partial charge is 0.0528 e. The van der Waals surface area contributed by atoms with Gasteiger partial charge in [-0.05, 0) is 37.5 Å². The molecule has 1 aliphatic carbocycles. The Morgan fingerprint density at radius 3 is 1.11 bits per heavy atom. The maximum atomic E-state index is 8.79. The van der Waals surface area contributed by atoms with E-state index in [1.807, 2.05) is 0 Å². The van der Waals surface area contributed by atoms with Crippen LogP contribution in [0.2, 0.25) is 0 Å². The second-order valence-corrected chi connectivity index (χ2v) is 5.54. The molecule has 0 aromatic heterocycles. The maximum Gasteiger partial charge on any atom is 0.0528 e. The van der Waals surface area contributed by atoms with Crippen LogP contribution in [-0.4, -0.2) is 58.6 Å². The molecule has 0 unspecified atom stereocenters. The van der Waals surface area contributed by atoms with Crippen molar-refractivity contribution in [3.63, 3.8) is 0 Å². The van der Waals surface area contributed by atoms with Gasteiger partial charge in [0, 0.05) is 18.6 Å². The van der Waals surface area contributed by atoms with Gasteiger partial charge in [-0.15, -0.1) is 0 Å². The van der Waals surface area contributed by atoms with Crippen LogP contribution in [-0.2, 0) is 0 Å². The van der Waals surface area contributed by atoms with E-state index in [9.17, 15) is 0 Å². The molecule has 110 valence electrons. The van der Waals surface area contributed by atoms with Gasteiger partial charge in [-0.2, -0.15) is 0 Å². The Bertz CT molecular complexity index is 166. The Hall–Kier alpha value is -0.200. The van der Waals surface area contributed by atoms with Crippen LogP contribution in [0.1, 0.15) is 32.6 Å². The van der Waals surface area contributed by atoms with Gasteiger partial charge in [0.25, 0.3) is 0 Å². The number of aliphatic hydroxyl groups excluding tert-OH is 5. The fraction of sp³-hybridized carbons (Fsp3) is 1.00. The minimum atomic E-state index is -0.708. The van der Waals surface area contributed by atoms with Crippen LogP contribution in [0.25, 0.3) is 0 Å². The normalized spacial score (nSPS) is 24.3. The Labute approximate surface area is 109 Å². The molecule has 18 heavy (non-hydrogen) atoms. The zero-order valence-electron chi connectivity index (χ0n) is 11.3. The summed E-state index contributed by atoms with van der Waals surface area (Å²) in [5, 5.41) is 43.0. The summed E-state index contributed by atoms with van der Waals surface area (Å²) in [6, 6.07) is 0. The summed E-state index contributed by atoms with van der Waals surface area (Å²) in [5.41, 5.74) is -0.708. The van der Waals surface area contributed by atoms with E-state index < -0.39 is 5.41 Å². The van der Waals surface area contributed by atoms with Crippen LogP contribution in [0.5, 0.6) is 0 Å². The zero-order valence-corrected chi connectivity index (χ0v) is 11.3. The molecule has 1 fully saturated rings. The quantitative estimate of drug-likeness (QED) is 0.471. The first kappa shape index (κ1) is 17.8. The molecule has 0 heterocycles. The largest absolute Gasteiger partial charge is 0.396 e. The van der Waals surface area contributed by atoms with E-state index in [1.165, 1.54) is 0 Å². The number of aliphatic hydroxyl groups is 5. The number of hydrogen-bond acceptors (Lipinski definition) is 5. The molecule has 1 saturated carbocycles. The first-order valence-electron chi connectivity index (χ1n) is 6.59. The van der Waals surface area contributed by atoms with Gasteiger partial charge in [0.2, 0.25) is 0 Å². The third kappa shape index (κ3) is 6.66. The van der Waals surface area contributed by atoms with Crippen LogP contribution in [0.4, 0.5) is 0 Å². The Morgan fingerprint density at radius 2 is 1.00 bits per heavy atom. The van der Waals surface area contributed by atoms with E-state index >= 15 is 0 Å². The third-order valence-electron chi connectivity index (χ3n) is 3.63. The monoisotopic (exact) mass is 264 g/mol. The fourth-order valence-corrected chi connectivity index (χ4v) is 1.75. The van der Waals surface area contributed by atoms with E-state index in [2.05, 4.69) is 0 Å². The molecule has 0 amide bonds. The topological polar surface area (TPSA) is 101 Å². The average molecular weight is 264 g/mol. The summed E-state index contributed by atoms with van der Waals surface area (Å²) >= 11 is 0. The number of hydrogen-bond donors (Lipinski definition) is 5. The minimum Gasteiger partial charge on any atom is -0.396 e. The van der Waals surface area contributed by atoms with Gasteiger partial charge in [0.1, 0.15) is 0 Å². The molecule has 1 rings (SSSR count). The van der Waals surface area contributed by atoms with E-state index in [4.69, 9.17) is 25.5 Å². The zero-order chi connectivity index (χ0) is 14.0. The Balaban J connectivity index is 0.000000331. The van der Waals surface area contributed by atoms with Crippen LogP contribution in [0.15, 0.2) is 0 Å². The highest BCUT2D eigenvalue weighted by Gasteiger charge is 2.20. The fourth-order valence-electron chi connectivity index (χ4n) is 1.75. The highest BCUT2D eigenvalue weighted by molar-refractivity contribution is 4.71. The van der Waals surface area contributed by atoms with Crippen molar-refractivity contribution in [2.45, 2.75) is 32.6 Å². The van der Waals surface area contributed by atoms with Crippen molar-refractivity contribution in [2.24, 2.45) is 17.3 Å². The summed E-state index contributed by atoms with van der Waals surface area (Å²) in [6.07, 6.45) is 4.40. The maximum absolute atomic E-state index is 8.79. The highest BCUT2D eigenvalue weighted by atomic mass is 16.3.